The molecule has 0 aromatic heterocycles. The Hall–Kier alpha value is -0.650. The Morgan fingerprint density at radius 1 is 1.58 bits per heavy atom. The van der Waals surface area contributed by atoms with Gasteiger partial charge in [0.05, 0.1) is 13.2 Å². The van der Waals surface area contributed by atoms with Gasteiger partial charge in [-0.25, -0.2) is 0 Å². The van der Waals surface area contributed by atoms with Gasteiger partial charge in [0.15, 0.2) is 0 Å². The topological polar surface area (TPSA) is 67.8 Å². The van der Waals surface area contributed by atoms with Crippen molar-refractivity contribution in [1.82, 2.24) is 5.32 Å². The van der Waals surface area contributed by atoms with Crippen LogP contribution in [0.3, 0.4) is 0 Å². The Bertz CT molecular complexity index is 277. The predicted octanol–water partition coefficient (Wildman–Crippen LogP) is 1.66. The first-order chi connectivity index (χ1) is 8.94. The maximum atomic E-state index is 11.3. The normalized spacial score (nSPS) is 22.6. The number of hydrogen-bond acceptors (Lipinski definition) is 4. The van der Waals surface area contributed by atoms with Crippen LogP contribution in [0.4, 0.5) is 0 Å². The first-order valence-corrected chi connectivity index (χ1v) is 7.10. The average molecular weight is 273 g/mol. The van der Waals surface area contributed by atoms with Crippen LogP contribution in [0.1, 0.15) is 40.0 Å². The number of nitrogens with one attached hydrogen (secondary N) is 1. The Kier molecular flexibility index (Phi) is 6.75. The van der Waals surface area contributed by atoms with Gasteiger partial charge in [0.2, 0.25) is 0 Å². The highest BCUT2D eigenvalue weighted by Gasteiger charge is 2.32. The molecule has 0 spiro atoms. The van der Waals surface area contributed by atoms with Crippen molar-refractivity contribution >= 4 is 5.97 Å². The molecule has 0 radical (unpaired) electrons. The third-order valence-corrected chi connectivity index (χ3v) is 3.42. The molecule has 112 valence electrons. The van der Waals surface area contributed by atoms with E-state index in [1.54, 1.807) is 6.92 Å². The van der Waals surface area contributed by atoms with E-state index in [1.165, 1.54) is 0 Å². The van der Waals surface area contributed by atoms with Crippen molar-refractivity contribution in [2.24, 2.45) is 5.92 Å². The molecule has 1 fully saturated rings. The molecular weight excluding hydrogens is 246 g/mol. The molecule has 2 N–H and O–H groups in total. The van der Waals surface area contributed by atoms with Gasteiger partial charge < -0.3 is 14.6 Å². The summed E-state index contributed by atoms with van der Waals surface area (Å²) in [5.74, 6) is -0.287. The summed E-state index contributed by atoms with van der Waals surface area (Å²) in [6.07, 6.45) is 2.39. The molecule has 1 rings (SSSR count). The van der Waals surface area contributed by atoms with E-state index in [4.69, 9.17) is 9.47 Å². The average Bonchev–Trinajstić information content (AvgIpc) is 2.80. The molecule has 2 unspecified atom stereocenters. The van der Waals surface area contributed by atoms with Crippen molar-refractivity contribution in [2.45, 2.75) is 51.6 Å². The van der Waals surface area contributed by atoms with Gasteiger partial charge in [0.1, 0.15) is 5.54 Å². The molecule has 0 aromatic rings. The van der Waals surface area contributed by atoms with E-state index in [0.29, 0.717) is 18.9 Å². The van der Waals surface area contributed by atoms with Crippen molar-refractivity contribution in [2.75, 3.05) is 26.4 Å². The van der Waals surface area contributed by atoms with E-state index >= 15 is 0 Å². The lowest BCUT2D eigenvalue weighted by molar-refractivity contribution is -0.145. The highest BCUT2D eigenvalue weighted by atomic mass is 16.5. The number of carboxylic acid groups (broad SMARTS) is 1. The van der Waals surface area contributed by atoms with E-state index in [1.807, 2.05) is 13.8 Å². The summed E-state index contributed by atoms with van der Waals surface area (Å²) in [7, 11) is 0. The summed E-state index contributed by atoms with van der Waals surface area (Å²) >= 11 is 0. The van der Waals surface area contributed by atoms with Gasteiger partial charge in [0, 0.05) is 25.2 Å². The summed E-state index contributed by atoms with van der Waals surface area (Å²) in [4.78, 5) is 11.3. The minimum atomic E-state index is -0.867. The second-order valence-electron chi connectivity index (χ2n) is 5.84. The number of carboxylic acids is 1. The molecule has 0 bridgehead atoms. The van der Waals surface area contributed by atoms with Crippen LogP contribution < -0.4 is 5.32 Å². The lowest BCUT2D eigenvalue weighted by Gasteiger charge is -2.28. The zero-order valence-corrected chi connectivity index (χ0v) is 12.3. The first-order valence-electron chi connectivity index (χ1n) is 7.10. The minimum Gasteiger partial charge on any atom is -0.480 e. The summed E-state index contributed by atoms with van der Waals surface area (Å²) in [5, 5.41) is 12.4. The number of aliphatic carboxylic acids is 1. The molecule has 0 aliphatic carbocycles. The van der Waals surface area contributed by atoms with Crippen LogP contribution in [0.5, 0.6) is 0 Å². The molecule has 2 atom stereocenters. The van der Waals surface area contributed by atoms with Crippen molar-refractivity contribution in [3.8, 4) is 0 Å². The highest BCUT2D eigenvalue weighted by molar-refractivity contribution is 5.78. The molecule has 19 heavy (non-hydrogen) atoms. The molecule has 5 nitrogen and oxygen atoms in total. The summed E-state index contributed by atoms with van der Waals surface area (Å²) < 4.78 is 10.9. The summed E-state index contributed by atoms with van der Waals surface area (Å²) in [5.41, 5.74) is -0.867. The quantitative estimate of drug-likeness (QED) is 0.625. The minimum absolute atomic E-state index is 0.151. The lowest BCUT2D eigenvalue weighted by Crippen LogP contribution is -2.52. The van der Waals surface area contributed by atoms with Crippen LogP contribution in [0.15, 0.2) is 0 Å². The largest absolute Gasteiger partial charge is 0.480 e. The van der Waals surface area contributed by atoms with E-state index in [0.717, 1.165) is 32.7 Å². The molecule has 1 saturated heterocycles. The van der Waals surface area contributed by atoms with Crippen molar-refractivity contribution in [3.63, 3.8) is 0 Å². The Labute approximate surface area is 115 Å². The third-order valence-electron chi connectivity index (χ3n) is 3.42. The number of hydrogen-bond donors (Lipinski definition) is 2. The smallest absolute Gasteiger partial charge is 0.323 e. The molecule has 1 aliphatic rings. The summed E-state index contributed by atoms with van der Waals surface area (Å²) in [6.45, 7) is 8.61. The van der Waals surface area contributed by atoms with Crippen molar-refractivity contribution in [3.05, 3.63) is 0 Å². The first kappa shape index (κ1) is 16.4. The number of rotatable bonds is 9. The molecule has 0 amide bonds. The molecule has 1 heterocycles. The van der Waals surface area contributed by atoms with Crippen LogP contribution in [0, 0.1) is 5.92 Å². The number of carbonyl (C=O) groups is 1. The van der Waals surface area contributed by atoms with Gasteiger partial charge in [0.25, 0.3) is 0 Å². The van der Waals surface area contributed by atoms with Gasteiger partial charge in [-0.15, -0.1) is 0 Å². The maximum absolute atomic E-state index is 11.3. The van der Waals surface area contributed by atoms with E-state index in [-0.39, 0.29) is 6.04 Å². The van der Waals surface area contributed by atoms with Gasteiger partial charge in [-0.05, 0) is 40.0 Å². The second kappa shape index (κ2) is 7.82. The fraction of sp³-hybridized carbons (Fsp3) is 0.929. The molecule has 1 aliphatic heterocycles. The SMILES string of the molecule is CC(C)NC(C)(CCCOCC1CCOC1)C(=O)O. The van der Waals surface area contributed by atoms with Crippen LogP contribution >= 0.6 is 0 Å². The Morgan fingerprint density at radius 2 is 2.32 bits per heavy atom. The Morgan fingerprint density at radius 3 is 2.84 bits per heavy atom. The van der Waals surface area contributed by atoms with Gasteiger partial charge >= 0.3 is 5.97 Å². The second-order valence-corrected chi connectivity index (χ2v) is 5.84. The molecule has 0 aromatic carbocycles. The third kappa shape index (κ3) is 5.89. The fourth-order valence-electron chi connectivity index (χ4n) is 2.37. The van der Waals surface area contributed by atoms with E-state index in [2.05, 4.69) is 5.32 Å². The zero-order chi connectivity index (χ0) is 14.3. The van der Waals surface area contributed by atoms with E-state index < -0.39 is 11.5 Å². The van der Waals surface area contributed by atoms with Crippen LogP contribution in [0.25, 0.3) is 0 Å². The van der Waals surface area contributed by atoms with Gasteiger partial charge in [-0.2, -0.15) is 0 Å². The molecule has 0 saturated carbocycles. The van der Waals surface area contributed by atoms with Gasteiger partial charge in [-0.1, -0.05) is 0 Å². The Balaban J connectivity index is 2.18. The highest BCUT2D eigenvalue weighted by Crippen LogP contribution is 2.15. The standard InChI is InChI=1S/C14H27NO4/c1-11(2)15-14(3,13(16)17)6-4-7-18-9-12-5-8-19-10-12/h11-12,15H,4-10H2,1-3H3,(H,16,17). The zero-order valence-electron chi connectivity index (χ0n) is 12.3. The van der Waals surface area contributed by atoms with Crippen molar-refractivity contribution in [1.29, 1.82) is 0 Å². The van der Waals surface area contributed by atoms with Crippen LogP contribution in [-0.2, 0) is 14.3 Å². The van der Waals surface area contributed by atoms with Crippen LogP contribution in [0.2, 0.25) is 0 Å². The van der Waals surface area contributed by atoms with Crippen molar-refractivity contribution < 1.29 is 19.4 Å². The maximum Gasteiger partial charge on any atom is 0.323 e. The van der Waals surface area contributed by atoms with Crippen LogP contribution in [-0.4, -0.2) is 49.1 Å². The molecular formula is C14H27NO4. The summed E-state index contributed by atoms with van der Waals surface area (Å²) in [6, 6.07) is 0.151. The van der Waals surface area contributed by atoms with Gasteiger partial charge in [-0.3, -0.25) is 10.1 Å². The van der Waals surface area contributed by atoms with E-state index in [9.17, 15) is 9.90 Å². The predicted molar refractivity (Wildman–Crippen MR) is 73.3 cm³/mol. The number of ether oxygens (including phenoxy) is 2. The fourth-order valence-corrected chi connectivity index (χ4v) is 2.37. The molecule has 5 heteroatoms. The monoisotopic (exact) mass is 273 g/mol. The lowest BCUT2D eigenvalue weighted by atomic mass is 9.95.